The van der Waals surface area contributed by atoms with Gasteiger partial charge >= 0.3 is 0 Å². The van der Waals surface area contributed by atoms with E-state index in [4.69, 9.17) is 4.74 Å². The Morgan fingerprint density at radius 1 is 1.13 bits per heavy atom. The van der Waals surface area contributed by atoms with Crippen LogP contribution in [0.4, 0.5) is 0 Å². The average Bonchev–Trinajstić information content (AvgIpc) is 2.63. The van der Waals surface area contributed by atoms with Gasteiger partial charge in [0.05, 0.1) is 6.10 Å². The van der Waals surface area contributed by atoms with Gasteiger partial charge in [-0.15, -0.1) is 0 Å². The molecule has 2 unspecified atom stereocenters. The van der Waals surface area contributed by atoms with E-state index in [2.05, 4.69) is 59.4 Å². The third kappa shape index (κ3) is 4.63. The fraction of sp³-hybridized carbons (Fsp3) is 0.450. The average molecular weight is 310 g/mol. The van der Waals surface area contributed by atoms with Crippen LogP contribution in [0.2, 0.25) is 0 Å². The summed E-state index contributed by atoms with van der Waals surface area (Å²) in [6.45, 7) is 1.99. The van der Waals surface area contributed by atoms with E-state index in [9.17, 15) is 0 Å². The molecule has 1 aliphatic rings. The van der Waals surface area contributed by atoms with Crippen molar-refractivity contribution in [2.45, 2.75) is 37.8 Å². The smallest absolute Gasteiger partial charge is 0.0840 e. The maximum absolute atomic E-state index is 5.96. The number of hydrogen-bond donors (Lipinski definition) is 0. The first-order valence-electron chi connectivity index (χ1n) is 8.58. The van der Waals surface area contributed by atoms with E-state index in [0.717, 1.165) is 32.4 Å². The molecule has 0 N–H and O–H groups in total. The third-order valence-corrected chi connectivity index (χ3v) is 4.78. The van der Waals surface area contributed by atoms with E-state index in [1.165, 1.54) is 17.5 Å². The van der Waals surface area contributed by atoms with E-state index in [-0.39, 0.29) is 6.10 Å². The highest BCUT2D eigenvalue weighted by atomic mass is 16.5. The second kappa shape index (κ2) is 8.23. The van der Waals surface area contributed by atoms with Gasteiger partial charge in [0.1, 0.15) is 0 Å². The second-order valence-corrected chi connectivity index (χ2v) is 6.39. The number of hydrogen-bond acceptors (Lipinski definition) is 3. The fourth-order valence-corrected chi connectivity index (χ4v) is 3.35. The van der Waals surface area contributed by atoms with Gasteiger partial charge in [-0.1, -0.05) is 30.3 Å². The largest absolute Gasteiger partial charge is 0.373 e. The highest BCUT2D eigenvalue weighted by Gasteiger charge is 2.26. The van der Waals surface area contributed by atoms with Gasteiger partial charge in [0.2, 0.25) is 0 Å². The summed E-state index contributed by atoms with van der Waals surface area (Å²) in [5.41, 5.74) is 2.69. The lowest BCUT2D eigenvalue weighted by Crippen LogP contribution is -2.38. The Morgan fingerprint density at radius 2 is 1.91 bits per heavy atom. The molecular weight excluding hydrogens is 284 g/mol. The molecular formula is C20H26N2O. The summed E-state index contributed by atoms with van der Waals surface area (Å²) in [5.74, 6) is 0. The van der Waals surface area contributed by atoms with Crippen LogP contribution in [0.5, 0.6) is 0 Å². The minimum Gasteiger partial charge on any atom is -0.373 e. The molecule has 1 aliphatic heterocycles. The van der Waals surface area contributed by atoms with Gasteiger partial charge in [-0.3, -0.25) is 4.98 Å². The van der Waals surface area contributed by atoms with Gasteiger partial charge in [0.15, 0.2) is 0 Å². The molecule has 23 heavy (non-hydrogen) atoms. The van der Waals surface area contributed by atoms with Crippen LogP contribution >= 0.6 is 0 Å². The zero-order valence-electron chi connectivity index (χ0n) is 13.9. The van der Waals surface area contributed by atoms with Crippen LogP contribution in [0.25, 0.3) is 0 Å². The van der Waals surface area contributed by atoms with Crippen molar-refractivity contribution in [3.8, 4) is 0 Å². The van der Waals surface area contributed by atoms with E-state index < -0.39 is 0 Å². The molecule has 0 amide bonds. The molecule has 0 aliphatic carbocycles. The number of aryl methyl sites for hydroxylation is 1. The number of ether oxygens (including phenoxy) is 1. The van der Waals surface area contributed by atoms with Gasteiger partial charge in [-0.25, -0.2) is 0 Å². The SMILES string of the molecule is CN(CCCc1ccccc1)C1CCOC(c2ccncc2)C1. The lowest BCUT2D eigenvalue weighted by molar-refractivity contribution is -0.0235. The molecule has 1 aromatic heterocycles. The number of nitrogens with zero attached hydrogens (tertiary/aromatic N) is 2. The predicted molar refractivity (Wildman–Crippen MR) is 93.3 cm³/mol. The van der Waals surface area contributed by atoms with Crippen molar-refractivity contribution in [2.24, 2.45) is 0 Å². The summed E-state index contributed by atoms with van der Waals surface area (Å²) in [7, 11) is 2.25. The molecule has 3 nitrogen and oxygen atoms in total. The third-order valence-electron chi connectivity index (χ3n) is 4.78. The summed E-state index contributed by atoms with van der Waals surface area (Å²) in [6.07, 6.45) is 8.49. The van der Waals surface area contributed by atoms with E-state index >= 15 is 0 Å². The Labute approximate surface area is 139 Å². The summed E-state index contributed by atoms with van der Waals surface area (Å²) in [4.78, 5) is 6.61. The lowest BCUT2D eigenvalue weighted by Gasteiger charge is -2.35. The quantitative estimate of drug-likeness (QED) is 0.810. The monoisotopic (exact) mass is 310 g/mol. The Hall–Kier alpha value is -1.71. The Bertz CT molecular complexity index is 573. The van der Waals surface area contributed by atoms with Crippen molar-refractivity contribution < 1.29 is 4.74 Å². The molecule has 3 rings (SSSR count). The minimum absolute atomic E-state index is 0.216. The summed E-state index contributed by atoms with van der Waals surface area (Å²) in [5, 5.41) is 0. The van der Waals surface area contributed by atoms with Crippen molar-refractivity contribution in [3.63, 3.8) is 0 Å². The highest BCUT2D eigenvalue weighted by Crippen LogP contribution is 2.29. The summed E-state index contributed by atoms with van der Waals surface area (Å²) in [6, 6.07) is 15.5. The summed E-state index contributed by atoms with van der Waals surface area (Å²) < 4.78 is 5.96. The standard InChI is InChI=1S/C20H26N2O/c1-22(14-5-8-17-6-3-2-4-7-17)19-11-15-23-20(16-19)18-9-12-21-13-10-18/h2-4,6-7,9-10,12-13,19-20H,5,8,11,14-16H2,1H3. The van der Waals surface area contributed by atoms with Crippen LogP contribution in [0, 0.1) is 0 Å². The van der Waals surface area contributed by atoms with Crippen LogP contribution < -0.4 is 0 Å². The van der Waals surface area contributed by atoms with Crippen molar-refractivity contribution in [1.82, 2.24) is 9.88 Å². The second-order valence-electron chi connectivity index (χ2n) is 6.39. The van der Waals surface area contributed by atoms with Gasteiger partial charge in [-0.2, -0.15) is 0 Å². The van der Waals surface area contributed by atoms with Gasteiger partial charge in [0.25, 0.3) is 0 Å². The fourth-order valence-electron chi connectivity index (χ4n) is 3.35. The summed E-state index contributed by atoms with van der Waals surface area (Å²) >= 11 is 0. The Morgan fingerprint density at radius 3 is 2.70 bits per heavy atom. The van der Waals surface area contributed by atoms with Crippen LogP contribution in [0.1, 0.15) is 36.5 Å². The maximum Gasteiger partial charge on any atom is 0.0840 e. The lowest BCUT2D eigenvalue weighted by atomic mass is 9.97. The predicted octanol–water partition coefficient (Wildman–Crippen LogP) is 3.87. The molecule has 0 spiro atoms. The van der Waals surface area contributed by atoms with E-state index in [0.29, 0.717) is 6.04 Å². The molecule has 1 aromatic carbocycles. The highest BCUT2D eigenvalue weighted by molar-refractivity contribution is 5.15. The number of benzene rings is 1. The molecule has 1 saturated heterocycles. The van der Waals surface area contributed by atoms with Gasteiger partial charge < -0.3 is 9.64 Å². The Balaban J connectivity index is 1.48. The molecule has 0 bridgehead atoms. The number of pyridine rings is 1. The zero-order chi connectivity index (χ0) is 15.9. The van der Waals surface area contributed by atoms with Crippen molar-refractivity contribution >= 4 is 0 Å². The van der Waals surface area contributed by atoms with Crippen LogP contribution in [0.3, 0.4) is 0 Å². The molecule has 0 saturated carbocycles. The van der Waals surface area contributed by atoms with E-state index in [1.54, 1.807) is 0 Å². The van der Waals surface area contributed by atoms with Crippen molar-refractivity contribution in [2.75, 3.05) is 20.2 Å². The first kappa shape index (κ1) is 16.2. The molecule has 2 heterocycles. The molecule has 122 valence electrons. The Kier molecular flexibility index (Phi) is 5.78. The molecule has 2 aromatic rings. The normalized spacial score (nSPS) is 21.5. The van der Waals surface area contributed by atoms with E-state index in [1.807, 2.05) is 12.4 Å². The van der Waals surface area contributed by atoms with Crippen molar-refractivity contribution in [3.05, 3.63) is 66.0 Å². The first-order chi connectivity index (χ1) is 11.3. The number of rotatable bonds is 6. The molecule has 3 heteroatoms. The minimum atomic E-state index is 0.216. The van der Waals surface area contributed by atoms with Gasteiger partial charge in [0, 0.05) is 25.0 Å². The molecule has 0 radical (unpaired) electrons. The number of aromatic nitrogens is 1. The topological polar surface area (TPSA) is 25.4 Å². The molecule has 1 fully saturated rings. The zero-order valence-corrected chi connectivity index (χ0v) is 13.9. The maximum atomic E-state index is 5.96. The van der Waals surface area contributed by atoms with Crippen LogP contribution in [-0.4, -0.2) is 36.1 Å². The van der Waals surface area contributed by atoms with Gasteiger partial charge in [-0.05, 0) is 62.5 Å². The van der Waals surface area contributed by atoms with Crippen molar-refractivity contribution in [1.29, 1.82) is 0 Å². The van der Waals surface area contributed by atoms with Crippen LogP contribution in [-0.2, 0) is 11.2 Å². The first-order valence-corrected chi connectivity index (χ1v) is 8.58. The molecule has 2 atom stereocenters. The van der Waals surface area contributed by atoms with Crippen LogP contribution in [0.15, 0.2) is 54.9 Å².